The summed E-state index contributed by atoms with van der Waals surface area (Å²) in [4.78, 5) is 11.8. The van der Waals surface area contributed by atoms with Crippen LogP contribution in [-0.4, -0.2) is 27.9 Å². The molecule has 21 heavy (non-hydrogen) atoms. The van der Waals surface area contributed by atoms with Crippen molar-refractivity contribution in [3.8, 4) is 0 Å². The van der Waals surface area contributed by atoms with Crippen molar-refractivity contribution in [3.63, 3.8) is 0 Å². The summed E-state index contributed by atoms with van der Waals surface area (Å²) < 4.78 is 25.4. The number of halogens is 1. The molecule has 6 nitrogen and oxygen atoms in total. The molecule has 1 atom stereocenters. The summed E-state index contributed by atoms with van der Waals surface area (Å²) in [6, 6.07) is 6.25. The first kappa shape index (κ1) is 19.9. The number of hydrogen-bond acceptors (Lipinski definition) is 4. The molecule has 4 N–H and O–H groups in total. The number of sulfonamides is 1. The van der Waals surface area contributed by atoms with Crippen LogP contribution in [0.1, 0.15) is 31.4 Å². The number of nitrogens with one attached hydrogen (secondary N) is 2. The van der Waals surface area contributed by atoms with E-state index in [9.17, 15) is 13.2 Å². The molecule has 1 aromatic carbocycles. The fourth-order valence-corrected chi connectivity index (χ4v) is 2.44. The fraction of sp³-hybridized carbons (Fsp3) is 0.462. The van der Waals surface area contributed by atoms with Gasteiger partial charge in [0, 0.05) is 6.42 Å². The van der Waals surface area contributed by atoms with E-state index in [1.807, 2.05) is 6.92 Å². The third-order valence-corrected chi connectivity index (χ3v) is 4.37. The molecule has 0 heterocycles. The smallest absolute Gasteiger partial charge is 0.240 e. The predicted molar refractivity (Wildman–Crippen MR) is 84.8 cm³/mol. The average Bonchev–Trinajstić information content (AvgIpc) is 2.45. The zero-order valence-corrected chi connectivity index (χ0v) is 13.8. The Balaban J connectivity index is 0.00000400. The van der Waals surface area contributed by atoms with E-state index in [0.717, 1.165) is 5.56 Å². The van der Waals surface area contributed by atoms with E-state index in [1.54, 1.807) is 12.1 Å². The van der Waals surface area contributed by atoms with Crippen molar-refractivity contribution < 1.29 is 13.2 Å². The third kappa shape index (κ3) is 6.01. The van der Waals surface area contributed by atoms with Crippen LogP contribution in [-0.2, 0) is 14.8 Å². The van der Waals surface area contributed by atoms with Crippen LogP contribution in [0.3, 0.4) is 0 Å². The Bertz CT molecular complexity index is 546. The molecule has 0 aliphatic heterocycles. The highest BCUT2D eigenvalue weighted by atomic mass is 35.5. The topological polar surface area (TPSA) is 101 Å². The van der Waals surface area contributed by atoms with Gasteiger partial charge in [0.25, 0.3) is 0 Å². The molecular formula is C13H22ClN3O3S. The van der Waals surface area contributed by atoms with E-state index in [1.165, 1.54) is 19.2 Å². The average molecular weight is 336 g/mol. The van der Waals surface area contributed by atoms with Gasteiger partial charge in [-0.3, -0.25) is 4.79 Å². The molecule has 0 saturated heterocycles. The molecule has 0 fully saturated rings. The van der Waals surface area contributed by atoms with E-state index in [0.29, 0.717) is 19.4 Å². The van der Waals surface area contributed by atoms with E-state index in [2.05, 4.69) is 10.0 Å². The van der Waals surface area contributed by atoms with Crippen LogP contribution in [0, 0.1) is 0 Å². The maximum atomic E-state index is 11.6. The molecule has 0 bridgehead atoms. The van der Waals surface area contributed by atoms with Crippen molar-refractivity contribution in [1.29, 1.82) is 0 Å². The first-order valence-electron chi connectivity index (χ1n) is 6.43. The molecule has 0 aliphatic rings. The number of nitrogens with two attached hydrogens (primary N) is 1. The lowest BCUT2D eigenvalue weighted by Crippen LogP contribution is -2.27. The molecule has 0 saturated carbocycles. The van der Waals surface area contributed by atoms with Crippen LogP contribution in [0.2, 0.25) is 0 Å². The number of amides is 1. The second kappa shape index (κ2) is 8.99. The highest BCUT2D eigenvalue weighted by Crippen LogP contribution is 2.16. The van der Waals surface area contributed by atoms with Crippen LogP contribution in [0.4, 0.5) is 0 Å². The van der Waals surface area contributed by atoms with Crippen molar-refractivity contribution in [1.82, 2.24) is 10.0 Å². The molecule has 8 heteroatoms. The standard InChI is InChI=1S/C13H21N3O3S.ClH/c1-10(16-13(17)4-3-9-14)11-5-7-12(8-6-11)20(18,19)15-2;/h5-8,10,15H,3-4,9,14H2,1-2H3,(H,16,17);1H. The lowest BCUT2D eigenvalue weighted by molar-refractivity contribution is -0.121. The second-order valence-electron chi connectivity index (χ2n) is 4.46. The fourth-order valence-electron chi connectivity index (χ4n) is 1.71. The van der Waals surface area contributed by atoms with Gasteiger partial charge in [0.1, 0.15) is 0 Å². The quantitative estimate of drug-likeness (QED) is 0.690. The van der Waals surface area contributed by atoms with Crippen LogP contribution in [0.15, 0.2) is 29.2 Å². The van der Waals surface area contributed by atoms with E-state index >= 15 is 0 Å². The van der Waals surface area contributed by atoms with Gasteiger partial charge in [-0.25, -0.2) is 13.1 Å². The maximum absolute atomic E-state index is 11.6. The minimum Gasteiger partial charge on any atom is -0.350 e. The molecule has 1 amide bonds. The van der Waals surface area contributed by atoms with Gasteiger partial charge in [-0.1, -0.05) is 12.1 Å². The van der Waals surface area contributed by atoms with Crippen LogP contribution in [0.5, 0.6) is 0 Å². The minimum atomic E-state index is -3.43. The predicted octanol–water partition coefficient (Wildman–Crippen LogP) is 0.933. The minimum absolute atomic E-state index is 0. The Morgan fingerprint density at radius 1 is 1.29 bits per heavy atom. The molecule has 0 aliphatic carbocycles. The number of carbonyl (C=O) groups excluding carboxylic acids is 1. The summed E-state index contributed by atoms with van der Waals surface area (Å²) in [5, 5.41) is 2.84. The first-order valence-corrected chi connectivity index (χ1v) is 7.92. The van der Waals surface area contributed by atoms with Gasteiger partial charge in [0.05, 0.1) is 10.9 Å². The highest BCUT2D eigenvalue weighted by molar-refractivity contribution is 7.89. The molecule has 120 valence electrons. The molecule has 1 rings (SSSR count). The zero-order valence-electron chi connectivity index (χ0n) is 12.1. The van der Waals surface area contributed by atoms with Gasteiger partial charge in [0.2, 0.25) is 15.9 Å². The Morgan fingerprint density at radius 2 is 1.86 bits per heavy atom. The van der Waals surface area contributed by atoms with Crippen LogP contribution in [0.25, 0.3) is 0 Å². The summed E-state index contributed by atoms with van der Waals surface area (Å²) in [6.45, 7) is 2.33. The molecule has 0 spiro atoms. The maximum Gasteiger partial charge on any atom is 0.240 e. The summed E-state index contributed by atoms with van der Waals surface area (Å²) in [5.41, 5.74) is 6.19. The number of hydrogen-bond donors (Lipinski definition) is 3. The SMILES string of the molecule is CNS(=O)(=O)c1ccc(C(C)NC(=O)CCCN)cc1.Cl. The number of rotatable bonds is 7. The lowest BCUT2D eigenvalue weighted by Gasteiger charge is -2.14. The summed E-state index contributed by atoms with van der Waals surface area (Å²) >= 11 is 0. The van der Waals surface area contributed by atoms with Gasteiger partial charge in [-0.2, -0.15) is 0 Å². The molecule has 1 unspecified atom stereocenters. The molecular weight excluding hydrogens is 314 g/mol. The van der Waals surface area contributed by atoms with Crippen molar-refractivity contribution >= 4 is 28.3 Å². The highest BCUT2D eigenvalue weighted by Gasteiger charge is 2.13. The summed E-state index contributed by atoms with van der Waals surface area (Å²) in [5.74, 6) is -0.0603. The van der Waals surface area contributed by atoms with Crippen molar-refractivity contribution in [2.24, 2.45) is 5.73 Å². The van der Waals surface area contributed by atoms with Crippen molar-refractivity contribution in [3.05, 3.63) is 29.8 Å². The molecule has 0 aromatic heterocycles. The van der Waals surface area contributed by atoms with Crippen LogP contribution < -0.4 is 15.8 Å². The lowest BCUT2D eigenvalue weighted by atomic mass is 10.1. The van der Waals surface area contributed by atoms with Crippen molar-refractivity contribution in [2.45, 2.75) is 30.7 Å². The zero-order chi connectivity index (χ0) is 15.2. The number of carbonyl (C=O) groups is 1. The van der Waals surface area contributed by atoms with Crippen LogP contribution >= 0.6 is 12.4 Å². The first-order chi connectivity index (χ1) is 9.40. The van der Waals surface area contributed by atoms with Gasteiger partial charge >= 0.3 is 0 Å². The second-order valence-corrected chi connectivity index (χ2v) is 6.34. The Hall–Kier alpha value is -1.15. The number of benzene rings is 1. The summed E-state index contributed by atoms with van der Waals surface area (Å²) in [7, 11) is -2.06. The third-order valence-electron chi connectivity index (χ3n) is 2.94. The molecule has 1 aromatic rings. The van der Waals surface area contributed by atoms with Gasteiger partial charge < -0.3 is 11.1 Å². The van der Waals surface area contributed by atoms with E-state index in [-0.39, 0.29) is 29.3 Å². The Kier molecular flexibility index (Phi) is 8.50. The Morgan fingerprint density at radius 3 is 2.33 bits per heavy atom. The normalized spacial score (nSPS) is 12.3. The molecule has 0 radical (unpaired) electrons. The van der Waals surface area contributed by atoms with E-state index in [4.69, 9.17) is 5.73 Å². The van der Waals surface area contributed by atoms with Gasteiger partial charge in [-0.15, -0.1) is 12.4 Å². The Labute approximate surface area is 132 Å². The van der Waals surface area contributed by atoms with Crippen molar-refractivity contribution in [2.75, 3.05) is 13.6 Å². The monoisotopic (exact) mass is 335 g/mol. The van der Waals surface area contributed by atoms with Gasteiger partial charge in [-0.05, 0) is 44.6 Å². The largest absolute Gasteiger partial charge is 0.350 e. The van der Waals surface area contributed by atoms with E-state index < -0.39 is 10.0 Å². The van der Waals surface area contributed by atoms with Gasteiger partial charge in [0.15, 0.2) is 0 Å². The summed E-state index contributed by atoms with van der Waals surface area (Å²) in [6.07, 6.45) is 1.05.